The van der Waals surface area contributed by atoms with Crippen LogP contribution in [0.15, 0.2) is 30.3 Å². The molecule has 0 unspecified atom stereocenters. The van der Waals surface area contributed by atoms with Gasteiger partial charge in [0.05, 0.1) is 12.0 Å². The second-order valence-electron chi connectivity index (χ2n) is 2.69. The number of nitrogens with one attached hydrogen (secondary N) is 1. The summed E-state index contributed by atoms with van der Waals surface area (Å²) in [6, 6.07) is 7.96. The van der Waals surface area contributed by atoms with Gasteiger partial charge in [-0.3, -0.25) is 0 Å². The van der Waals surface area contributed by atoms with Crippen molar-refractivity contribution in [3.8, 4) is 0 Å². The third kappa shape index (κ3) is 2.85. The van der Waals surface area contributed by atoms with Gasteiger partial charge in [0.25, 0.3) is 0 Å². The highest BCUT2D eigenvalue weighted by Crippen LogP contribution is 2.01. The van der Waals surface area contributed by atoms with Gasteiger partial charge in [-0.05, 0) is 12.0 Å². The van der Waals surface area contributed by atoms with Crippen molar-refractivity contribution >= 4 is 5.97 Å². The summed E-state index contributed by atoms with van der Waals surface area (Å²) in [5, 5.41) is 18.9. The highest BCUT2D eigenvalue weighted by molar-refractivity contribution is 5.71. The molecule has 0 aliphatic heterocycles. The normalized spacial score (nSPS) is 12.4. The van der Waals surface area contributed by atoms with Crippen LogP contribution >= 0.6 is 0 Å². The Morgan fingerprint density at radius 1 is 1.46 bits per heavy atom. The molecule has 1 rings (SSSR count). The highest BCUT2D eigenvalue weighted by atomic mass is 16.5. The molecule has 2 N–H and O–H groups in total. The van der Waals surface area contributed by atoms with Gasteiger partial charge in [-0.2, -0.15) is 5.48 Å². The standard InChI is InChI=1S/C9H11NO3/c11-9(12)8(10-13)6-7-4-2-1-3-5-7/h1-5,8,10,13H,6H2,(H,11,12)/p-1/t8-/m0/s1. The second kappa shape index (κ2) is 4.59. The maximum atomic E-state index is 10.4. The molecule has 0 aliphatic carbocycles. The Hall–Kier alpha value is -1.39. The van der Waals surface area contributed by atoms with Gasteiger partial charge >= 0.3 is 0 Å². The Kier molecular flexibility index (Phi) is 3.42. The monoisotopic (exact) mass is 180 g/mol. The first-order valence-corrected chi connectivity index (χ1v) is 3.88. The Labute approximate surface area is 75.8 Å². The first-order valence-electron chi connectivity index (χ1n) is 3.88. The fraction of sp³-hybridized carbons (Fsp3) is 0.222. The van der Waals surface area contributed by atoms with Crippen molar-refractivity contribution in [3.05, 3.63) is 35.9 Å². The topological polar surface area (TPSA) is 72.4 Å². The lowest BCUT2D eigenvalue weighted by Gasteiger charge is -2.15. The van der Waals surface area contributed by atoms with E-state index in [0.29, 0.717) is 0 Å². The molecular weight excluding hydrogens is 170 g/mol. The van der Waals surface area contributed by atoms with Crippen LogP contribution < -0.4 is 10.6 Å². The zero-order valence-corrected chi connectivity index (χ0v) is 6.93. The molecule has 0 spiro atoms. The van der Waals surface area contributed by atoms with Crippen molar-refractivity contribution in [2.24, 2.45) is 0 Å². The number of benzene rings is 1. The van der Waals surface area contributed by atoms with Gasteiger partial charge in [0.2, 0.25) is 0 Å². The summed E-state index contributed by atoms with van der Waals surface area (Å²) in [4.78, 5) is 10.4. The SMILES string of the molecule is O=C([O-])[C@H](Cc1ccccc1)NO. The lowest BCUT2D eigenvalue weighted by atomic mass is 10.1. The third-order valence-corrected chi connectivity index (χ3v) is 1.72. The van der Waals surface area contributed by atoms with Crippen molar-refractivity contribution in [2.45, 2.75) is 12.5 Å². The van der Waals surface area contributed by atoms with Crippen LogP contribution in [0.1, 0.15) is 5.56 Å². The van der Waals surface area contributed by atoms with E-state index in [1.54, 1.807) is 29.7 Å². The van der Waals surface area contributed by atoms with Gasteiger partial charge in [-0.15, -0.1) is 0 Å². The summed E-state index contributed by atoms with van der Waals surface area (Å²) in [7, 11) is 0. The maximum absolute atomic E-state index is 10.4. The van der Waals surface area contributed by atoms with Crippen molar-refractivity contribution in [3.63, 3.8) is 0 Å². The molecule has 0 saturated carbocycles. The largest absolute Gasteiger partial charge is 0.548 e. The molecule has 0 bridgehead atoms. The number of carbonyl (C=O) groups is 1. The van der Waals surface area contributed by atoms with E-state index in [4.69, 9.17) is 5.21 Å². The molecule has 0 fully saturated rings. The van der Waals surface area contributed by atoms with E-state index < -0.39 is 12.0 Å². The van der Waals surface area contributed by atoms with Crippen molar-refractivity contribution in [2.75, 3.05) is 0 Å². The summed E-state index contributed by atoms with van der Waals surface area (Å²) < 4.78 is 0. The van der Waals surface area contributed by atoms with E-state index in [-0.39, 0.29) is 6.42 Å². The Morgan fingerprint density at radius 3 is 2.54 bits per heavy atom. The van der Waals surface area contributed by atoms with Crippen LogP contribution in [-0.4, -0.2) is 17.2 Å². The second-order valence-corrected chi connectivity index (χ2v) is 2.69. The molecule has 1 aromatic carbocycles. The van der Waals surface area contributed by atoms with Gasteiger partial charge in [0, 0.05) is 0 Å². The zero-order valence-electron chi connectivity index (χ0n) is 6.93. The summed E-state index contributed by atoms with van der Waals surface area (Å²) >= 11 is 0. The summed E-state index contributed by atoms with van der Waals surface area (Å²) in [5.74, 6) is -1.31. The Bertz CT molecular complexity index is 273. The number of carbonyl (C=O) groups excluding carboxylic acids is 1. The van der Waals surface area contributed by atoms with Crippen LogP contribution in [0.3, 0.4) is 0 Å². The number of aliphatic carboxylic acids is 1. The highest BCUT2D eigenvalue weighted by Gasteiger charge is 2.08. The number of carboxylic acid groups (broad SMARTS) is 1. The third-order valence-electron chi connectivity index (χ3n) is 1.72. The van der Waals surface area contributed by atoms with E-state index >= 15 is 0 Å². The van der Waals surface area contributed by atoms with E-state index in [2.05, 4.69) is 0 Å². The summed E-state index contributed by atoms with van der Waals surface area (Å²) in [5.41, 5.74) is 2.52. The molecule has 0 heterocycles. The van der Waals surface area contributed by atoms with E-state index in [1.165, 1.54) is 0 Å². The lowest BCUT2D eigenvalue weighted by molar-refractivity contribution is -0.310. The fourth-order valence-corrected chi connectivity index (χ4v) is 1.03. The Morgan fingerprint density at radius 2 is 2.08 bits per heavy atom. The predicted octanol–water partition coefficient (Wildman–Crippen LogP) is -0.674. The van der Waals surface area contributed by atoms with Gasteiger partial charge < -0.3 is 15.1 Å². The molecular formula is C9H10NO3-. The summed E-state index contributed by atoms with van der Waals surface area (Å²) in [6.07, 6.45) is 0.208. The van der Waals surface area contributed by atoms with Crippen LogP contribution in [0.2, 0.25) is 0 Å². The van der Waals surface area contributed by atoms with Crippen molar-refractivity contribution in [1.29, 1.82) is 0 Å². The molecule has 4 nitrogen and oxygen atoms in total. The van der Waals surface area contributed by atoms with Crippen LogP contribution in [-0.2, 0) is 11.2 Å². The number of hydrogen-bond donors (Lipinski definition) is 2. The first kappa shape index (κ1) is 9.70. The molecule has 0 radical (unpaired) electrons. The average molecular weight is 180 g/mol. The molecule has 70 valence electrons. The molecule has 0 saturated heterocycles. The number of carboxylic acids is 1. The van der Waals surface area contributed by atoms with E-state index in [9.17, 15) is 9.90 Å². The predicted molar refractivity (Wildman–Crippen MR) is 43.9 cm³/mol. The average Bonchev–Trinajstić information content (AvgIpc) is 2.15. The van der Waals surface area contributed by atoms with E-state index in [1.807, 2.05) is 6.07 Å². The van der Waals surface area contributed by atoms with Gasteiger partial charge in [0.1, 0.15) is 0 Å². The molecule has 0 aromatic heterocycles. The zero-order chi connectivity index (χ0) is 9.68. The molecule has 4 heteroatoms. The van der Waals surface area contributed by atoms with Crippen LogP contribution in [0.5, 0.6) is 0 Å². The number of hydrogen-bond acceptors (Lipinski definition) is 4. The molecule has 0 aliphatic rings. The van der Waals surface area contributed by atoms with Gasteiger partial charge in [-0.1, -0.05) is 30.3 Å². The van der Waals surface area contributed by atoms with Gasteiger partial charge in [0.15, 0.2) is 0 Å². The lowest BCUT2D eigenvalue weighted by Crippen LogP contribution is -2.45. The molecule has 13 heavy (non-hydrogen) atoms. The number of rotatable bonds is 4. The first-order chi connectivity index (χ1) is 6.24. The van der Waals surface area contributed by atoms with Crippen molar-refractivity contribution in [1.82, 2.24) is 5.48 Å². The minimum Gasteiger partial charge on any atom is -0.548 e. The molecule has 1 aromatic rings. The Balaban J connectivity index is 2.62. The van der Waals surface area contributed by atoms with Crippen LogP contribution in [0, 0.1) is 0 Å². The fourth-order valence-electron chi connectivity index (χ4n) is 1.03. The van der Waals surface area contributed by atoms with Gasteiger partial charge in [-0.25, -0.2) is 0 Å². The van der Waals surface area contributed by atoms with E-state index in [0.717, 1.165) is 5.56 Å². The van der Waals surface area contributed by atoms with Crippen molar-refractivity contribution < 1.29 is 15.1 Å². The van der Waals surface area contributed by atoms with Crippen LogP contribution in [0.25, 0.3) is 0 Å². The summed E-state index contributed by atoms with van der Waals surface area (Å²) in [6.45, 7) is 0. The smallest absolute Gasteiger partial charge is 0.0754 e. The number of hydroxylamine groups is 1. The minimum atomic E-state index is -1.31. The van der Waals surface area contributed by atoms with Crippen LogP contribution in [0.4, 0.5) is 0 Å². The maximum Gasteiger partial charge on any atom is 0.0754 e. The quantitative estimate of drug-likeness (QED) is 0.602. The minimum absolute atomic E-state index is 0.208. The molecule has 1 atom stereocenters. The molecule has 0 amide bonds.